The van der Waals surface area contributed by atoms with Crippen LogP contribution in [0.15, 0.2) is 12.1 Å². The highest BCUT2D eigenvalue weighted by Crippen LogP contribution is 2.30. The minimum absolute atomic E-state index is 0.0888. The summed E-state index contributed by atoms with van der Waals surface area (Å²) in [5, 5.41) is 12.8. The SMILES string of the molecule is CNCCC#Cc1c(C=O)ccc(OC)c1O. The van der Waals surface area contributed by atoms with Crippen LogP contribution >= 0.6 is 0 Å². The molecule has 90 valence electrons. The number of benzene rings is 1. The molecule has 1 aromatic rings. The Morgan fingerprint density at radius 1 is 1.53 bits per heavy atom. The maximum atomic E-state index is 10.8. The average Bonchev–Trinajstić information content (AvgIpc) is 2.36. The molecule has 4 nitrogen and oxygen atoms in total. The molecule has 0 aliphatic rings. The normalized spacial score (nSPS) is 9.29. The van der Waals surface area contributed by atoms with Gasteiger partial charge in [0.2, 0.25) is 0 Å². The molecule has 0 saturated carbocycles. The lowest BCUT2D eigenvalue weighted by Crippen LogP contribution is -2.05. The van der Waals surface area contributed by atoms with Crippen LogP contribution in [-0.4, -0.2) is 32.1 Å². The van der Waals surface area contributed by atoms with Crippen molar-refractivity contribution in [2.45, 2.75) is 6.42 Å². The Labute approximate surface area is 101 Å². The number of carbonyl (C=O) groups is 1. The molecule has 0 aliphatic heterocycles. The number of hydrogen-bond donors (Lipinski definition) is 2. The fourth-order valence-electron chi connectivity index (χ4n) is 1.32. The predicted molar refractivity (Wildman–Crippen MR) is 65.5 cm³/mol. The van der Waals surface area contributed by atoms with Gasteiger partial charge in [-0.1, -0.05) is 11.8 Å². The van der Waals surface area contributed by atoms with E-state index < -0.39 is 0 Å². The molecule has 0 saturated heterocycles. The number of aldehydes is 1. The molecule has 2 N–H and O–H groups in total. The van der Waals surface area contributed by atoms with Gasteiger partial charge >= 0.3 is 0 Å². The number of ether oxygens (including phenoxy) is 1. The van der Waals surface area contributed by atoms with E-state index in [9.17, 15) is 9.90 Å². The van der Waals surface area contributed by atoms with Gasteiger partial charge in [-0.25, -0.2) is 0 Å². The van der Waals surface area contributed by atoms with E-state index in [0.29, 0.717) is 29.6 Å². The Kier molecular flexibility index (Phi) is 5.05. The molecule has 4 heteroatoms. The second-order valence-corrected chi connectivity index (χ2v) is 3.35. The fourth-order valence-corrected chi connectivity index (χ4v) is 1.32. The topological polar surface area (TPSA) is 58.6 Å². The third kappa shape index (κ3) is 3.23. The van der Waals surface area contributed by atoms with Crippen molar-refractivity contribution in [2.24, 2.45) is 0 Å². The van der Waals surface area contributed by atoms with Crippen LogP contribution in [0.1, 0.15) is 22.3 Å². The van der Waals surface area contributed by atoms with Crippen LogP contribution in [-0.2, 0) is 0 Å². The largest absolute Gasteiger partial charge is 0.503 e. The number of phenols is 1. The lowest BCUT2D eigenvalue weighted by Gasteiger charge is -2.06. The number of methoxy groups -OCH3 is 1. The van der Waals surface area contributed by atoms with Crippen LogP contribution in [0, 0.1) is 11.8 Å². The Bertz CT molecular complexity index is 458. The molecule has 0 aromatic heterocycles. The summed E-state index contributed by atoms with van der Waals surface area (Å²) in [6, 6.07) is 3.12. The lowest BCUT2D eigenvalue weighted by atomic mass is 10.1. The second-order valence-electron chi connectivity index (χ2n) is 3.35. The quantitative estimate of drug-likeness (QED) is 0.465. The maximum Gasteiger partial charge on any atom is 0.174 e. The number of hydrogen-bond acceptors (Lipinski definition) is 4. The average molecular weight is 233 g/mol. The summed E-state index contributed by atoms with van der Waals surface area (Å²) in [4.78, 5) is 10.8. The van der Waals surface area contributed by atoms with Crippen LogP contribution in [0.2, 0.25) is 0 Å². The molecule has 0 atom stereocenters. The van der Waals surface area contributed by atoms with E-state index >= 15 is 0 Å². The highest BCUT2D eigenvalue weighted by molar-refractivity contribution is 5.82. The third-order valence-corrected chi connectivity index (χ3v) is 2.23. The van der Waals surface area contributed by atoms with Gasteiger partial charge in [0.25, 0.3) is 0 Å². The Hall–Kier alpha value is -1.99. The van der Waals surface area contributed by atoms with E-state index in [0.717, 1.165) is 6.54 Å². The number of aromatic hydroxyl groups is 1. The van der Waals surface area contributed by atoms with Crippen LogP contribution in [0.25, 0.3) is 0 Å². The van der Waals surface area contributed by atoms with E-state index in [1.165, 1.54) is 13.2 Å². The van der Waals surface area contributed by atoms with Gasteiger partial charge in [-0.15, -0.1) is 0 Å². The molecule has 0 bridgehead atoms. The summed E-state index contributed by atoms with van der Waals surface area (Å²) in [6.45, 7) is 0.758. The van der Waals surface area contributed by atoms with Gasteiger partial charge in [-0.2, -0.15) is 0 Å². The van der Waals surface area contributed by atoms with Crippen molar-refractivity contribution in [1.29, 1.82) is 0 Å². The summed E-state index contributed by atoms with van der Waals surface area (Å²) in [7, 11) is 3.29. The Morgan fingerprint density at radius 3 is 2.88 bits per heavy atom. The smallest absolute Gasteiger partial charge is 0.174 e. The van der Waals surface area contributed by atoms with Gasteiger partial charge in [0.15, 0.2) is 17.8 Å². The molecule has 0 radical (unpaired) electrons. The van der Waals surface area contributed by atoms with Gasteiger partial charge in [-0.05, 0) is 19.2 Å². The molecule has 1 rings (SSSR count). The lowest BCUT2D eigenvalue weighted by molar-refractivity contribution is 0.112. The fraction of sp³-hybridized carbons (Fsp3) is 0.308. The van der Waals surface area contributed by atoms with Gasteiger partial charge in [-0.3, -0.25) is 4.79 Å². The summed E-state index contributed by atoms with van der Waals surface area (Å²) >= 11 is 0. The molecule has 0 fully saturated rings. The second kappa shape index (κ2) is 6.56. The summed E-state index contributed by atoms with van der Waals surface area (Å²) in [6.07, 6.45) is 1.31. The number of nitrogens with one attached hydrogen (secondary N) is 1. The van der Waals surface area contributed by atoms with Crippen molar-refractivity contribution >= 4 is 6.29 Å². The maximum absolute atomic E-state index is 10.8. The van der Waals surface area contributed by atoms with E-state index in [1.807, 2.05) is 7.05 Å². The predicted octanol–water partition coefficient (Wildman–Crippen LogP) is 1.17. The van der Waals surface area contributed by atoms with Crippen molar-refractivity contribution in [3.63, 3.8) is 0 Å². The van der Waals surface area contributed by atoms with Crippen molar-refractivity contribution in [2.75, 3.05) is 20.7 Å². The van der Waals surface area contributed by atoms with Crippen molar-refractivity contribution in [1.82, 2.24) is 5.32 Å². The van der Waals surface area contributed by atoms with Gasteiger partial charge in [0.1, 0.15) is 0 Å². The highest BCUT2D eigenvalue weighted by atomic mass is 16.5. The summed E-state index contributed by atoms with van der Waals surface area (Å²) in [5.74, 6) is 5.90. The van der Waals surface area contributed by atoms with E-state index in [2.05, 4.69) is 17.2 Å². The molecule has 0 amide bonds. The molecule has 0 spiro atoms. The molecular weight excluding hydrogens is 218 g/mol. The highest BCUT2D eigenvalue weighted by Gasteiger charge is 2.10. The van der Waals surface area contributed by atoms with Crippen molar-refractivity contribution in [3.8, 4) is 23.3 Å². The van der Waals surface area contributed by atoms with Crippen molar-refractivity contribution in [3.05, 3.63) is 23.3 Å². The monoisotopic (exact) mass is 233 g/mol. The minimum atomic E-state index is -0.0888. The molecule has 0 unspecified atom stereocenters. The zero-order valence-electron chi connectivity index (χ0n) is 9.91. The first-order valence-corrected chi connectivity index (χ1v) is 5.23. The van der Waals surface area contributed by atoms with E-state index in [-0.39, 0.29) is 5.75 Å². The first-order valence-electron chi connectivity index (χ1n) is 5.23. The minimum Gasteiger partial charge on any atom is -0.503 e. The molecular formula is C13H15NO3. The molecule has 17 heavy (non-hydrogen) atoms. The third-order valence-electron chi connectivity index (χ3n) is 2.23. The molecule has 1 aromatic carbocycles. The van der Waals surface area contributed by atoms with Gasteiger partial charge in [0, 0.05) is 18.5 Å². The number of phenolic OH excluding ortho intramolecular Hbond substituents is 1. The van der Waals surface area contributed by atoms with Crippen LogP contribution in [0.4, 0.5) is 0 Å². The number of rotatable bonds is 4. The van der Waals surface area contributed by atoms with Crippen molar-refractivity contribution < 1.29 is 14.6 Å². The Balaban J connectivity index is 3.08. The van der Waals surface area contributed by atoms with E-state index in [1.54, 1.807) is 6.07 Å². The summed E-state index contributed by atoms with van der Waals surface area (Å²) in [5.41, 5.74) is 0.677. The van der Waals surface area contributed by atoms with Crippen LogP contribution in [0.3, 0.4) is 0 Å². The van der Waals surface area contributed by atoms with Gasteiger partial charge < -0.3 is 15.2 Å². The van der Waals surface area contributed by atoms with Gasteiger partial charge in [0.05, 0.1) is 12.7 Å². The molecule has 0 heterocycles. The first-order chi connectivity index (χ1) is 8.24. The zero-order chi connectivity index (χ0) is 12.7. The summed E-state index contributed by atoms with van der Waals surface area (Å²) < 4.78 is 4.97. The molecule has 0 aliphatic carbocycles. The van der Waals surface area contributed by atoms with Crippen LogP contribution < -0.4 is 10.1 Å². The Morgan fingerprint density at radius 2 is 2.29 bits per heavy atom. The van der Waals surface area contributed by atoms with Crippen LogP contribution in [0.5, 0.6) is 11.5 Å². The zero-order valence-corrected chi connectivity index (χ0v) is 9.91. The number of carbonyl (C=O) groups excluding carboxylic acids is 1. The standard InChI is InChI=1S/C13H15NO3/c1-14-8-4-3-5-11-10(9-15)6-7-12(17-2)13(11)16/h6-7,9,14,16H,4,8H2,1-2H3. The van der Waals surface area contributed by atoms with E-state index in [4.69, 9.17) is 4.74 Å². The first kappa shape index (κ1) is 13.1.